The monoisotopic (exact) mass is 475 g/mol. The number of methoxy groups -OCH3 is 2. The Labute approximate surface area is 163 Å². The molecule has 1 aromatic rings. The van der Waals surface area contributed by atoms with Crippen molar-refractivity contribution in [2.45, 2.75) is 32.6 Å². The molecule has 0 fully saturated rings. The summed E-state index contributed by atoms with van der Waals surface area (Å²) in [5.74, 6) is 0.597. The van der Waals surface area contributed by atoms with Crippen LogP contribution in [0.3, 0.4) is 0 Å². The number of guanidine groups is 1. The predicted octanol–water partition coefficient (Wildman–Crippen LogP) is 3.42. The fourth-order valence-corrected chi connectivity index (χ4v) is 2.09. The van der Waals surface area contributed by atoms with Crippen LogP contribution in [0.2, 0.25) is 0 Å². The number of hydrogen-bond acceptors (Lipinski definition) is 3. The predicted molar refractivity (Wildman–Crippen MR) is 103 cm³/mol. The summed E-state index contributed by atoms with van der Waals surface area (Å²) in [6, 6.07) is 3.84. The Bertz CT molecular complexity index is 554. The van der Waals surface area contributed by atoms with E-state index in [1.54, 1.807) is 7.11 Å². The van der Waals surface area contributed by atoms with Gasteiger partial charge in [0.1, 0.15) is 5.75 Å². The molecule has 0 amide bonds. The maximum absolute atomic E-state index is 13.2. The molecule has 0 aromatic heterocycles. The Balaban J connectivity index is 0.00000576. The van der Waals surface area contributed by atoms with Gasteiger partial charge in [-0.05, 0) is 31.5 Å². The molecule has 1 unspecified atom stereocenters. The van der Waals surface area contributed by atoms with Crippen LogP contribution in [0.25, 0.3) is 0 Å². The quantitative estimate of drug-likeness (QED) is 0.361. The molecule has 1 aromatic carbocycles. The molecule has 1 atom stereocenters. The SMILES string of the molecule is CCNC(=NCc1ccc(OC)cc1C(F)(F)F)NC(C)COC.I. The highest BCUT2D eigenvalue weighted by molar-refractivity contribution is 14.0. The molecule has 9 heteroatoms. The van der Waals surface area contributed by atoms with Gasteiger partial charge in [0.05, 0.1) is 25.8 Å². The van der Waals surface area contributed by atoms with Crippen LogP contribution in [0.5, 0.6) is 5.75 Å². The van der Waals surface area contributed by atoms with Crippen molar-refractivity contribution in [2.75, 3.05) is 27.4 Å². The lowest BCUT2D eigenvalue weighted by Crippen LogP contribution is -2.43. The first-order valence-electron chi connectivity index (χ1n) is 7.59. The van der Waals surface area contributed by atoms with E-state index in [-0.39, 0.29) is 47.9 Å². The third-order valence-electron chi connectivity index (χ3n) is 3.17. The van der Waals surface area contributed by atoms with E-state index in [4.69, 9.17) is 9.47 Å². The lowest BCUT2D eigenvalue weighted by molar-refractivity contribution is -0.138. The van der Waals surface area contributed by atoms with Crippen LogP contribution < -0.4 is 15.4 Å². The molecule has 0 spiro atoms. The third-order valence-corrected chi connectivity index (χ3v) is 3.17. The number of alkyl halides is 3. The summed E-state index contributed by atoms with van der Waals surface area (Å²) in [5, 5.41) is 6.08. The van der Waals surface area contributed by atoms with Crippen molar-refractivity contribution in [2.24, 2.45) is 4.99 Å². The van der Waals surface area contributed by atoms with Crippen LogP contribution in [-0.2, 0) is 17.5 Å². The fourth-order valence-electron chi connectivity index (χ4n) is 2.09. The molecule has 0 heterocycles. The lowest BCUT2D eigenvalue weighted by atomic mass is 10.1. The van der Waals surface area contributed by atoms with E-state index in [0.717, 1.165) is 6.07 Å². The zero-order chi connectivity index (χ0) is 18.2. The molecule has 25 heavy (non-hydrogen) atoms. The Morgan fingerprint density at radius 2 is 1.96 bits per heavy atom. The summed E-state index contributed by atoms with van der Waals surface area (Å²) in [7, 11) is 2.91. The number of benzene rings is 1. The minimum Gasteiger partial charge on any atom is -0.497 e. The van der Waals surface area contributed by atoms with E-state index in [1.165, 1.54) is 19.2 Å². The molecule has 5 nitrogen and oxygen atoms in total. The van der Waals surface area contributed by atoms with Crippen LogP contribution in [0, 0.1) is 0 Å². The van der Waals surface area contributed by atoms with Gasteiger partial charge in [-0.25, -0.2) is 4.99 Å². The third kappa shape index (κ3) is 8.13. The number of halogens is 4. The highest BCUT2D eigenvalue weighted by atomic mass is 127. The number of ether oxygens (including phenoxy) is 2. The molecular formula is C16H25F3IN3O2. The molecule has 1 rings (SSSR count). The summed E-state index contributed by atoms with van der Waals surface area (Å²) in [6.45, 7) is 4.73. The largest absolute Gasteiger partial charge is 0.497 e. The molecule has 144 valence electrons. The van der Waals surface area contributed by atoms with Crippen molar-refractivity contribution in [3.8, 4) is 5.75 Å². The van der Waals surface area contributed by atoms with Gasteiger partial charge in [0, 0.05) is 19.7 Å². The lowest BCUT2D eigenvalue weighted by Gasteiger charge is -2.18. The molecule has 0 bridgehead atoms. The number of nitrogens with one attached hydrogen (secondary N) is 2. The van der Waals surface area contributed by atoms with Crippen molar-refractivity contribution in [3.63, 3.8) is 0 Å². The van der Waals surface area contributed by atoms with Crippen LogP contribution in [-0.4, -0.2) is 39.4 Å². The highest BCUT2D eigenvalue weighted by Crippen LogP contribution is 2.34. The molecule has 2 N–H and O–H groups in total. The zero-order valence-electron chi connectivity index (χ0n) is 14.7. The first-order chi connectivity index (χ1) is 11.3. The summed E-state index contributed by atoms with van der Waals surface area (Å²) >= 11 is 0. The van der Waals surface area contributed by atoms with Crippen molar-refractivity contribution in [1.82, 2.24) is 10.6 Å². The Hall–Kier alpha value is -1.23. The number of nitrogens with zero attached hydrogens (tertiary/aromatic N) is 1. The Morgan fingerprint density at radius 1 is 1.28 bits per heavy atom. The van der Waals surface area contributed by atoms with Crippen LogP contribution in [0.15, 0.2) is 23.2 Å². The van der Waals surface area contributed by atoms with Gasteiger partial charge in [0.2, 0.25) is 0 Å². The molecule has 0 radical (unpaired) electrons. The van der Waals surface area contributed by atoms with Crippen molar-refractivity contribution in [1.29, 1.82) is 0 Å². The minimum atomic E-state index is -4.46. The fraction of sp³-hybridized carbons (Fsp3) is 0.562. The maximum atomic E-state index is 13.2. The second-order valence-electron chi connectivity index (χ2n) is 5.22. The van der Waals surface area contributed by atoms with E-state index in [0.29, 0.717) is 19.1 Å². The number of rotatable bonds is 7. The summed E-state index contributed by atoms with van der Waals surface area (Å²) < 4.78 is 49.5. The van der Waals surface area contributed by atoms with Crippen LogP contribution >= 0.6 is 24.0 Å². The summed E-state index contributed by atoms with van der Waals surface area (Å²) in [6.07, 6.45) is -4.46. The standard InChI is InChI=1S/C16H24F3N3O2.HI/c1-5-20-15(22-11(2)10-23-3)21-9-12-6-7-13(24-4)8-14(12)16(17,18)19;/h6-8,11H,5,9-10H2,1-4H3,(H2,20,21,22);1H. The molecule has 0 aliphatic rings. The second kappa shape index (κ2) is 11.4. The van der Waals surface area contributed by atoms with Crippen LogP contribution in [0.1, 0.15) is 25.0 Å². The molecule has 0 saturated carbocycles. The van der Waals surface area contributed by atoms with Gasteiger partial charge in [-0.15, -0.1) is 24.0 Å². The molecule has 0 aliphatic carbocycles. The van der Waals surface area contributed by atoms with E-state index in [9.17, 15) is 13.2 Å². The number of hydrogen-bond donors (Lipinski definition) is 2. The molecule has 0 saturated heterocycles. The van der Waals surface area contributed by atoms with Gasteiger partial charge in [-0.2, -0.15) is 13.2 Å². The van der Waals surface area contributed by atoms with Crippen molar-refractivity contribution in [3.05, 3.63) is 29.3 Å². The van der Waals surface area contributed by atoms with Gasteiger partial charge < -0.3 is 20.1 Å². The zero-order valence-corrected chi connectivity index (χ0v) is 17.1. The van der Waals surface area contributed by atoms with Gasteiger partial charge >= 0.3 is 6.18 Å². The summed E-state index contributed by atoms with van der Waals surface area (Å²) in [4.78, 5) is 4.23. The first-order valence-corrected chi connectivity index (χ1v) is 7.59. The van der Waals surface area contributed by atoms with Gasteiger partial charge in [0.25, 0.3) is 0 Å². The minimum absolute atomic E-state index is 0. The highest BCUT2D eigenvalue weighted by Gasteiger charge is 2.33. The average Bonchev–Trinajstić information content (AvgIpc) is 2.52. The van der Waals surface area contributed by atoms with E-state index in [1.807, 2.05) is 13.8 Å². The smallest absolute Gasteiger partial charge is 0.416 e. The van der Waals surface area contributed by atoms with Gasteiger partial charge in [-0.1, -0.05) is 6.07 Å². The first kappa shape index (κ1) is 23.8. The van der Waals surface area contributed by atoms with E-state index < -0.39 is 11.7 Å². The maximum Gasteiger partial charge on any atom is 0.416 e. The molecule has 0 aliphatic heterocycles. The van der Waals surface area contributed by atoms with Crippen molar-refractivity contribution >= 4 is 29.9 Å². The van der Waals surface area contributed by atoms with Crippen LogP contribution in [0.4, 0.5) is 13.2 Å². The number of aliphatic imine (C=N–C) groups is 1. The van der Waals surface area contributed by atoms with Gasteiger partial charge in [-0.3, -0.25) is 0 Å². The normalized spacial score (nSPS) is 13.0. The van der Waals surface area contributed by atoms with Crippen molar-refractivity contribution < 1.29 is 22.6 Å². The Morgan fingerprint density at radius 3 is 2.48 bits per heavy atom. The van der Waals surface area contributed by atoms with Gasteiger partial charge in [0.15, 0.2) is 5.96 Å². The Kier molecular flexibility index (Phi) is 10.8. The average molecular weight is 475 g/mol. The van der Waals surface area contributed by atoms with E-state index >= 15 is 0 Å². The topological polar surface area (TPSA) is 54.9 Å². The second-order valence-corrected chi connectivity index (χ2v) is 5.22. The molecular weight excluding hydrogens is 450 g/mol. The van der Waals surface area contributed by atoms with E-state index in [2.05, 4.69) is 15.6 Å². The summed E-state index contributed by atoms with van der Waals surface area (Å²) in [5.41, 5.74) is -0.661.